The molecule has 0 aromatic carbocycles. The van der Waals surface area contributed by atoms with E-state index in [1.54, 1.807) is 6.20 Å². The molecular weight excluding hydrogens is 170 g/mol. The van der Waals surface area contributed by atoms with Crippen molar-refractivity contribution in [2.75, 3.05) is 0 Å². The van der Waals surface area contributed by atoms with Gasteiger partial charge < -0.3 is 5.73 Å². The molecule has 66 valence electrons. The molecule has 0 radical (unpaired) electrons. The maximum Gasteiger partial charge on any atom is 0.107 e. The van der Waals surface area contributed by atoms with Crippen LogP contribution in [0.1, 0.15) is 26.3 Å². The van der Waals surface area contributed by atoms with Gasteiger partial charge in [0.1, 0.15) is 4.99 Å². The summed E-state index contributed by atoms with van der Waals surface area (Å²) in [6.45, 7) is 6.22. The highest BCUT2D eigenvalue weighted by molar-refractivity contribution is 7.80. The molecule has 0 unspecified atom stereocenters. The number of nitrogens with two attached hydrogens (primary N) is 1. The number of nitrogens with zero attached hydrogens (tertiary/aromatic N) is 2. The molecule has 1 heterocycles. The van der Waals surface area contributed by atoms with Gasteiger partial charge in [0.15, 0.2) is 0 Å². The third-order valence-electron chi connectivity index (χ3n) is 1.55. The number of aromatic nitrogens is 2. The van der Waals surface area contributed by atoms with Crippen molar-refractivity contribution < 1.29 is 0 Å². The zero-order valence-electron chi connectivity index (χ0n) is 7.53. The average Bonchev–Trinajstić information content (AvgIpc) is 2.30. The lowest BCUT2D eigenvalue weighted by molar-refractivity contribution is 0.355. The van der Waals surface area contributed by atoms with Crippen LogP contribution in [-0.2, 0) is 5.54 Å². The van der Waals surface area contributed by atoms with Crippen LogP contribution in [0.15, 0.2) is 12.4 Å². The van der Waals surface area contributed by atoms with Gasteiger partial charge >= 0.3 is 0 Å². The summed E-state index contributed by atoms with van der Waals surface area (Å²) in [4.78, 5) is 0.394. The van der Waals surface area contributed by atoms with E-state index in [2.05, 4.69) is 25.9 Å². The van der Waals surface area contributed by atoms with Crippen LogP contribution in [0.5, 0.6) is 0 Å². The predicted octanol–water partition coefficient (Wildman–Crippen LogP) is 1.27. The van der Waals surface area contributed by atoms with E-state index in [9.17, 15) is 0 Å². The Morgan fingerprint density at radius 3 is 2.42 bits per heavy atom. The first kappa shape index (κ1) is 9.19. The monoisotopic (exact) mass is 183 g/mol. The Kier molecular flexibility index (Phi) is 2.19. The molecule has 2 N–H and O–H groups in total. The van der Waals surface area contributed by atoms with Crippen LogP contribution in [0, 0.1) is 0 Å². The van der Waals surface area contributed by atoms with Crippen LogP contribution in [0.2, 0.25) is 0 Å². The topological polar surface area (TPSA) is 43.8 Å². The maximum atomic E-state index is 5.45. The van der Waals surface area contributed by atoms with Gasteiger partial charge in [-0.25, -0.2) is 0 Å². The SMILES string of the molecule is CC(C)(C)n1cc(C(N)=S)cn1. The van der Waals surface area contributed by atoms with Gasteiger partial charge in [0.2, 0.25) is 0 Å². The van der Waals surface area contributed by atoms with Crippen molar-refractivity contribution in [3.05, 3.63) is 18.0 Å². The van der Waals surface area contributed by atoms with E-state index in [0.717, 1.165) is 5.56 Å². The van der Waals surface area contributed by atoms with E-state index in [0.29, 0.717) is 4.99 Å². The number of hydrogen-bond donors (Lipinski definition) is 1. The summed E-state index contributed by atoms with van der Waals surface area (Å²) in [5.41, 5.74) is 6.26. The standard InChI is InChI=1S/C8H13N3S/c1-8(2,3)11-5-6(4-10-11)7(9)12/h4-5H,1-3H3,(H2,9,12). The summed E-state index contributed by atoms with van der Waals surface area (Å²) in [7, 11) is 0. The molecule has 3 nitrogen and oxygen atoms in total. The van der Waals surface area contributed by atoms with Gasteiger partial charge in [0.25, 0.3) is 0 Å². The Hall–Kier alpha value is -0.900. The molecule has 12 heavy (non-hydrogen) atoms. The summed E-state index contributed by atoms with van der Waals surface area (Å²) in [5, 5.41) is 4.16. The Bertz CT molecular complexity index is 295. The second-order valence-electron chi connectivity index (χ2n) is 3.71. The maximum absolute atomic E-state index is 5.45. The third-order valence-corrected chi connectivity index (χ3v) is 1.79. The average molecular weight is 183 g/mol. The van der Waals surface area contributed by atoms with E-state index in [-0.39, 0.29) is 5.54 Å². The van der Waals surface area contributed by atoms with Gasteiger partial charge in [0.05, 0.1) is 11.7 Å². The fourth-order valence-corrected chi connectivity index (χ4v) is 0.922. The molecule has 0 spiro atoms. The number of rotatable bonds is 1. The first-order chi connectivity index (χ1) is 5.41. The highest BCUT2D eigenvalue weighted by atomic mass is 32.1. The first-order valence-corrected chi connectivity index (χ1v) is 4.17. The molecule has 0 atom stereocenters. The molecule has 0 fully saturated rings. The van der Waals surface area contributed by atoms with E-state index in [1.165, 1.54) is 0 Å². The minimum atomic E-state index is -0.0109. The van der Waals surface area contributed by atoms with Crippen molar-refractivity contribution in [3.63, 3.8) is 0 Å². The van der Waals surface area contributed by atoms with Crippen LogP contribution in [0.4, 0.5) is 0 Å². The second-order valence-corrected chi connectivity index (χ2v) is 4.15. The third kappa shape index (κ3) is 1.82. The highest BCUT2D eigenvalue weighted by Crippen LogP contribution is 2.12. The molecule has 0 saturated heterocycles. The molecule has 1 aromatic rings. The molecule has 4 heteroatoms. The van der Waals surface area contributed by atoms with Gasteiger partial charge in [-0.2, -0.15) is 5.10 Å². The van der Waals surface area contributed by atoms with Gasteiger partial charge in [-0.3, -0.25) is 4.68 Å². The fourth-order valence-electron chi connectivity index (χ4n) is 0.817. The normalized spacial score (nSPS) is 11.6. The molecule has 0 aliphatic carbocycles. The molecule has 0 aliphatic heterocycles. The lowest BCUT2D eigenvalue weighted by Gasteiger charge is -2.18. The van der Waals surface area contributed by atoms with Crippen LogP contribution in [0.3, 0.4) is 0 Å². The van der Waals surface area contributed by atoms with Crippen molar-refractivity contribution in [2.24, 2.45) is 5.73 Å². The molecule has 0 aliphatic rings. The summed E-state index contributed by atoms with van der Waals surface area (Å²) >= 11 is 4.82. The van der Waals surface area contributed by atoms with Crippen LogP contribution in [-0.4, -0.2) is 14.8 Å². The van der Waals surface area contributed by atoms with Gasteiger partial charge in [-0.05, 0) is 20.8 Å². The quantitative estimate of drug-likeness (QED) is 0.667. The molecule has 0 bridgehead atoms. The van der Waals surface area contributed by atoms with Gasteiger partial charge in [0, 0.05) is 11.8 Å². The molecule has 1 aromatic heterocycles. The molecule has 0 saturated carbocycles. The predicted molar refractivity (Wildman–Crippen MR) is 53.1 cm³/mol. The molecular formula is C8H13N3S. The summed E-state index contributed by atoms with van der Waals surface area (Å²) in [5.74, 6) is 0. The lowest BCUT2D eigenvalue weighted by Crippen LogP contribution is -2.22. The van der Waals surface area contributed by atoms with Crippen LogP contribution in [0.25, 0.3) is 0 Å². The zero-order chi connectivity index (χ0) is 9.35. The van der Waals surface area contributed by atoms with Crippen molar-refractivity contribution in [2.45, 2.75) is 26.3 Å². The first-order valence-electron chi connectivity index (χ1n) is 3.76. The van der Waals surface area contributed by atoms with Gasteiger partial charge in [-0.1, -0.05) is 12.2 Å². The van der Waals surface area contributed by atoms with E-state index >= 15 is 0 Å². The fraction of sp³-hybridized carbons (Fsp3) is 0.500. The Balaban J connectivity index is 3.00. The zero-order valence-corrected chi connectivity index (χ0v) is 8.35. The largest absolute Gasteiger partial charge is 0.389 e. The molecule has 0 amide bonds. The van der Waals surface area contributed by atoms with Crippen molar-refractivity contribution in [1.29, 1.82) is 0 Å². The minimum Gasteiger partial charge on any atom is -0.389 e. The number of hydrogen-bond acceptors (Lipinski definition) is 2. The second kappa shape index (κ2) is 2.86. The lowest BCUT2D eigenvalue weighted by atomic mass is 10.1. The Morgan fingerprint density at radius 2 is 2.17 bits per heavy atom. The van der Waals surface area contributed by atoms with Crippen molar-refractivity contribution in [3.8, 4) is 0 Å². The Morgan fingerprint density at radius 1 is 1.58 bits per heavy atom. The Labute approximate surface area is 77.6 Å². The van der Waals surface area contributed by atoms with Gasteiger partial charge in [-0.15, -0.1) is 0 Å². The summed E-state index contributed by atoms with van der Waals surface area (Å²) < 4.78 is 1.85. The number of thiocarbonyl (C=S) groups is 1. The van der Waals surface area contributed by atoms with Crippen LogP contribution < -0.4 is 5.73 Å². The summed E-state index contributed by atoms with van der Waals surface area (Å²) in [6, 6.07) is 0. The van der Waals surface area contributed by atoms with Crippen molar-refractivity contribution >= 4 is 17.2 Å². The van der Waals surface area contributed by atoms with Crippen molar-refractivity contribution in [1.82, 2.24) is 9.78 Å². The smallest absolute Gasteiger partial charge is 0.107 e. The minimum absolute atomic E-state index is 0.0109. The highest BCUT2D eigenvalue weighted by Gasteiger charge is 2.14. The molecule has 1 rings (SSSR count). The van der Waals surface area contributed by atoms with E-state index in [1.807, 2.05) is 10.9 Å². The van der Waals surface area contributed by atoms with E-state index < -0.39 is 0 Å². The summed E-state index contributed by atoms with van der Waals surface area (Å²) in [6.07, 6.45) is 3.55. The van der Waals surface area contributed by atoms with E-state index in [4.69, 9.17) is 18.0 Å². The van der Waals surface area contributed by atoms with Crippen LogP contribution >= 0.6 is 12.2 Å².